The molecule has 0 aliphatic heterocycles. The van der Waals surface area contributed by atoms with Gasteiger partial charge in [0.25, 0.3) is 0 Å². The Morgan fingerprint density at radius 2 is 1.80 bits per heavy atom. The molecule has 0 saturated heterocycles. The minimum Gasteiger partial charge on any atom is -0.494 e. The van der Waals surface area contributed by atoms with Crippen molar-refractivity contribution in [3.8, 4) is 5.75 Å². The number of ether oxygens (including phenoxy) is 1. The molecule has 25 heavy (non-hydrogen) atoms. The van der Waals surface area contributed by atoms with Crippen LogP contribution < -0.4 is 15.4 Å². The van der Waals surface area contributed by atoms with E-state index in [0.29, 0.717) is 19.1 Å². The molecule has 0 saturated carbocycles. The molecule has 0 aliphatic carbocycles. The molecular weight excluding hydrogens is 312 g/mol. The van der Waals surface area contributed by atoms with E-state index < -0.39 is 0 Å². The molecule has 4 heteroatoms. The molecule has 0 atom stereocenters. The lowest BCUT2D eigenvalue weighted by Gasteiger charge is -2.16. The molecule has 134 valence electrons. The number of hydrogen-bond acceptors (Lipinski definition) is 2. The summed E-state index contributed by atoms with van der Waals surface area (Å²) in [4.78, 5) is 12.1. The molecule has 2 rings (SSSR count). The fraction of sp³-hybridized carbons (Fsp3) is 0.381. The zero-order valence-corrected chi connectivity index (χ0v) is 15.6. The summed E-state index contributed by atoms with van der Waals surface area (Å²) in [7, 11) is 0. The minimum absolute atomic E-state index is 0.175. The first-order valence-corrected chi connectivity index (χ1v) is 8.81. The van der Waals surface area contributed by atoms with Gasteiger partial charge in [0.15, 0.2) is 0 Å². The average molecular weight is 340 g/mol. The molecule has 2 amide bonds. The van der Waals surface area contributed by atoms with Crippen LogP contribution in [-0.4, -0.2) is 19.2 Å². The van der Waals surface area contributed by atoms with Gasteiger partial charge in [-0.2, -0.15) is 0 Å². The highest BCUT2D eigenvalue weighted by Crippen LogP contribution is 2.27. The first-order valence-electron chi connectivity index (χ1n) is 8.81. The Morgan fingerprint density at radius 3 is 2.48 bits per heavy atom. The maximum Gasteiger partial charge on any atom is 0.319 e. The van der Waals surface area contributed by atoms with Gasteiger partial charge in [-0.25, -0.2) is 4.79 Å². The maximum atomic E-state index is 12.1. The third kappa shape index (κ3) is 5.82. The van der Waals surface area contributed by atoms with Gasteiger partial charge in [-0.1, -0.05) is 49.7 Å². The Morgan fingerprint density at radius 1 is 1.08 bits per heavy atom. The molecule has 0 aromatic heterocycles. The van der Waals surface area contributed by atoms with Crippen LogP contribution in [0, 0.1) is 13.8 Å². The molecular formula is C21H28N2O2. The maximum absolute atomic E-state index is 12.1. The molecule has 0 aliphatic rings. The van der Waals surface area contributed by atoms with Crippen molar-refractivity contribution in [1.29, 1.82) is 0 Å². The number of amides is 2. The van der Waals surface area contributed by atoms with Gasteiger partial charge in [0.05, 0.1) is 6.61 Å². The first-order chi connectivity index (χ1) is 12.0. The molecule has 0 spiro atoms. The third-order valence-electron chi connectivity index (χ3n) is 4.06. The second-order valence-corrected chi connectivity index (χ2v) is 6.59. The van der Waals surface area contributed by atoms with Gasteiger partial charge in [0, 0.05) is 12.2 Å². The van der Waals surface area contributed by atoms with Crippen LogP contribution in [0.5, 0.6) is 5.75 Å². The van der Waals surface area contributed by atoms with Crippen LogP contribution in [0.2, 0.25) is 0 Å². The van der Waals surface area contributed by atoms with E-state index in [-0.39, 0.29) is 6.03 Å². The van der Waals surface area contributed by atoms with Gasteiger partial charge in [0.1, 0.15) is 5.75 Å². The SMILES string of the molecule is Cc1ccc(OCCCNC(=O)Nc2c(C)cccc2C(C)C)cc1. The van der Waals surface area contributed by atoms with Crippen molar-refractivity contribution in [3.63, 3.8) is 0 Å². The van der Waals surface area contributed by atoms with E-state index >= 15 is 0 Å². The molecule has 2 aromatic carbocycles. The number of urea groups is 1. The predicted octanol–water partition coefficient (Wildman–Crippen LogP) is 5.02. The van der Waals surface area contributed by atoms with Crippen LogP contribution in [0.15, 0.2) is 42.5 Å². The topological polar surface area (TPSA) is 50.4 Å². The Balaban J connectivity index is 1.75. The van der Waals surface area contributed by atoms with Crippen molar-refractivity contribution in [2.75, 3.05) is 18.5 Å². The summed E-state index contributed by atoms with van der Waals surface area (Å²) < 4.78 is 5.66. The Hall–Kier alpha value is -2.49. The number of carbonyl (C=O) groups excluding carboxylic acids is 1. The number of carbonyl (C=O) groups is 1. The van der Waals surface area contributed by atoms with Crippen LogP contribution >= 0.6 is 0 Å². The molecule has 2 aromatic rings. The van der Waals surface area contributed by atoms with Crippen LogP contribution in [0.1, 0.15) is 42.9 Å². The molecule has 4 nitrogen and oxygen atoms in total. The van der Waals surface area contributed by atoms with E-state index in [4.69, 9.17) is 4.74 Å². The summed E-state index contributed by atoms with van der Waals surface area (Å²) in [6.07, 6.45) is 0.756. The van der Waals surface area contributed by atoms with Crippen LogP contribution in [0.25, 0.3) is 0 Å². The molecule has 0 bridgehead atoms. The lowest BCUT2D eigenvalue weighted by molar-refractivity contribution is 0.250. The number of para-hydroxylation sites is 1. The Kier molecular flexibility index (Phi) is 6.87. The summed E-state index contributed by atoms with van der Waals surface area (Å²) in [6, 6.07) is 13.9. The fourth-order valence-corrected chi connectivity index (χ4v) is 2.60. The number of aryl methyl sites for hydroxylation is 2. The molecule has 0 heterocycles. The van der Waals surface area contributed by atoms with Gasteiger partial charge in [-0.3, -0.25) is 0 Å². The predicted molar refractivity (Wildman–Crippen MR) is 104 cm³/mol. The zero-order chi connectivity index (χ0) is 18.2. The van der Waals surface area contributed by atoms with Crippen molar-refractivity contribution in [3.05, 3.63) is 59.2 Å². The van der Waals surface area contributed by atoms with Crippen molar-refractivity contribution in [2.45, 2.75) is 40.0 Å². The van der Waals surface area contributed by atoms with Crippen LogP contribution in [0.3, 0.4) is 0 Å². The Labute approximate surface area is 150 Å². The standard InChI is InChI=1S/C21H28N2O2/c1-15(2)19-8-5-7-17(4)20(19)23-21(24)22-13-6-14-25-18-11-9-16(3)10-12-18/h5,7-12,15H,6,13-14H2,1-4H3,(H2,22,23,24). The summed E-state index contributed by atoms with van der Waals surface area (Å²) in [5.74, 6) is 1.22. The average Bonchev–Trinajstić information content (AvgIpc) is 2.58. The minimum atomic E-state index is -0.175. The van der Waals surface area contributed by atoms with E-state index in [1.165, 1.54) is 5.56 Å². The van der Waals surface area contributed by atoms with E-state index in [2.05, 4.69) is 30.5 Å². The summed E-state index contributed by atoms with van der Waals surface area (Å²) in [5, 5.41) is 5.87. The second kappa shape index (κ2) is 9.11. The van der Waals surface area contributed by atoms with Gasteiger partial charge >= 0.3 is 6.03 Å². The molecule has 0 radical (unpaired) electrons. The van der Waals surface area contributed by atoms with E-state index in [1.807, 2.05) is 50.2 Å². The molecule has 2 N–H and O–H groups in total. The largest absolute Gasteiger partial charge is 0.494 e. The van der Waals surface area contributed by atoms with E-state index in [1.54, 1.807) is 0 Å². The smallest absolute Gasteiger partial charge is 0.319 e. The van der Waals surface area contributed by atoms with Crippen molar-refractivity contribution >= 4 is 11.7 Å². The van der Waals surface area contributed by atoms with E-state index in [0.717, 1.165) is 29.0 Å². The lowest BCUT2D eigenvalue weighted by Crippen LogP contribution is -2.31. The summed E-state index contributed by atoms with van der Waals surface area (Å²) in [6.45, 7) is 9.45. The number of anilines is 1. The van der Waals surface area contributed by atoms with Gasteiger partial charge < -0.3 is 15.4 Å². The molecule has 0 fully saturated rings. The second-order valence-electron chi connectivity index (χ2n) is 6.59. The highest BCUT2D eigenvalue weighted by Gasteiger charge is 2.11. The number of hydrogen-bond donors (Lipinski definition) is 2. The molecule has 0 unspecified atom stereocenters. The van der Waals surface area contributed by atoms with Crippen LogP contribution in [-0.2, 0) is 0 Å². The highest BCUT2D eigenvalue weighted by molar-refractivity contribution is 5.91. The quantitative estimate of drug-likeness (QED) is 0.696. The number of benzene rings is 2. The van der Waals surface area contributed by atoms with Crippen molar-refractivity contribution < 1.29 is 9.53 Å². The van der Waals surface area contributed by atoms with Crippen molar-refractivity contribution in [1.82, 2.24) is 5.32 Å². The van der Waals surface area contributed by atoms with Crippen LogP contribution in [0.4, 0.5) is 10.5 Å². The monoisotopic (exact) mass is 340 g/mol. The fourth-order valence-electron chi connectivity index (χ4n) is 2.60. The lowest BCUT2D eigenvalue weighted by atomic mass is 9.98. The van der Waals surface area contributed by atoms with E-state index in [9.17, 15) is 4.79 Å². The Bertz CT molecular complexity index is 694. The first kappa shape index (κ1) is 18.8. The van der Waals surface area contributed by atoms with Gasteiger partial charge in [-0.05, 0) is 49.4 Å². The highest BCUT2D eigenvalue weighted by atomic mass is 16.5. The zero-order valence-electron chi connectivity index (χ0n) is 15.6. The summed E-state index contributed by atoms with van der Waals surface area (Å²) >= 11 is 0. The third-order valence-corrected chi connectivity index (χ3v) is 4.06. The normalized spacial score (nSPS) is 10.6. The summed E-state index contributed by atoms with van der Waals surface area (Å²) in [5.41, 5.74) is 4.34. The van der Waals surface area contributed by atoms with Crippen molar-refractivity contribution in [2.24, 2.45) is 0 Å². The van der Waals surface area contributed by atoms with Gasteiger partial charge in [0.2, 0.25) is 0 Å². The number of rotatable bonds is 7. The van der Waals surface area contributed by atoms with Gasteiger partial charge in [-0.15, -0.1) is 0 Å². The number of nitrogens with one attached hydrogen (secondary N) is 2.